The number of anilines is 2. The minimum Gasteiger partial charge on any atom is -0.491 e. The molecule has 1 aliphatic carbocycles. The summed E-state index contributed by atoms with van der Waals surface area (Å²) in [5.74, 6) is 2.25. The molecule has 1 amide bonds. The Labute approximate surface area is 213 Å². The Balaban J connectivity index is 1.32. The molecule has 1 saturated heterocycles. The molecule has 3 aromatic heterocycles. The van der Waals surface area contributed by atoms with Crippen molar-refractivity contribution in [2.24, 2.45) is 11.8 Å². The molecule has 1 aliphatic heterocycles. The maximum Gasteiger partial charge on any atom is 0.225 e. The topological polar surface area (TPSA) is 105 Å². The number of carbonyl (C=O) groups excluding carboxylic acids is 1. The van der Waals surface area contributed by atoms with Crippen molar-refractivity contribution in [1.29, 1.82) is 0 Å². The third kappa shape index (κ3) is 4.39. The molecule has 1 atom stereocenters. The molecule has 4 aromatic rings. The van der Waals surface area contributed by atoms with E-state index in [1.54, 1.807) is 22.6 Å². The van der Waals surface area contributed by atoms with Crippen LogP contribution in [0.5, 0.6) is 5.75 Å². The van der Waals surface area contributed by atoms with E-state index in [0.717, 1.165) is 83.7 Å². The van der Waals surface area contributed by atoms with E-state index in [0.29, 0.717) is 12.5 Å². The second kappa shape index (κ2) is 9.67. The van der Waals surface area contributed by atoms with Crippen LogP contribution in [0, 0.1) is 11.8 Å². The first-order chi connectivity index (χ1) is 17.6. The van der Waals surface area contributed by atoms with Gasteiger partial charge in [0.05, 0.1) is 29.4 Å². The lowest BCUT2D eigenvalue weighted by Crippen LogP contribution is -2.32. The van der Waals surface area contributed by atoms with E-state index in [1.807, 2.05) is 26.4 Å². The van der Waals surface area contributed by atoms with Crippen molar-refractivity contribution in [2.45, 2.75) is 32.1 Å². The smallest absolute Gasteiger partial charge is 0.225 e. The van der Waals surface area contributed by atoms with Gasteiger partial charge in [0.15, 0.2) is 0 Å². The number of rotatable bonds is 6. The Kier molecular flexibility index (Phi) is 6.22. The first-order valence-corrected chi connectivity index (χ1v) is 13.3. The van der Waals surface area contributed by atoms with Gasteiger partial charge in [-0.05, 0) is 49.7 Å². The number of hydrogen-bond donors (Lipinski definition) is 2. The monoisotopic (exact) mass is 506 g/mol. The summed E-state index contributed by atoms with van der Waals surface area (Å²) in [4.78, 5) is 25.7. The molecule has 0 unspecified atom stereocenters. The van der Waals surface area contributed by atoms with Crippen LogP contribution in [0.2, 0.25) is 0 Å². The molecular formula is C26H30N6O3S. The molecular weight excluding hydrogens is 476 g/mol. The Hall–Kier alpha value is -3.24. The minimum atomic E-state index is 0.0265. The number of aromatic amines is 1. The minimum absolute atomic E-state index is 0.0265. The van der Waals surface area contributed by atoms with Gasteiger partial charge >= 0.3 is 0 Å². The molecule has 0 spiro atoms. The molecule has 2 N–H and O–H groups in total. The number of amides is 1. The number of ether oxygens (including phenoxy) is 2. The summed E-state index contributed by atoms with van der Waals surface area (Å²) in [7, 11) is 3.66. The van der Waals surface area contributed by atoms with Crippen molar-refractivity contribution in [3.05, 3.63) is 35.1 Å². The average molecular weight is 507 g/mol. The van der Waals surface area contributed by atoms with Crippen molar-refractivity contribution in [2.75, 3.05) is 39.2 Å². The van der Waals surface area contributed by atoms with Crippen LogP contribution in [0.4, 0.5) is 11.5 Å². The van der Waals surface area contributed by atoms with Crippen LogP contribution in [0.25, 0.3) is 21.1 Å². The van der Waals surface area contributed by atoms with Crippen LogP contribution in [0.1, 0.15) is 29.7 Å². The van der Waals surface area contributed by atoms with Gasteiger partial charge in [0.2, 0.25) is 5.91 Å². The fourth-order valence-corrected chi connectivity index (χ4v) is 6.48. The number of nitrogens with zero attached hydrogens (tertiary/aromatic N) is 4. The van der Waals surface area contributed by atoms with Crippen LogP contribution < -0.4 is 10.1 Å². The zero-order valence-electron chi connectivity index (χ0n) is 20.5. The Morgan fingerprint density at radius 2 is 2.11 bits per heavy atom. The van der Waals surface area contributed by atoms with E-state index in [9.17, 15) is 4.79 Å². The maximum absolute atomic E-state index is 12.6. The van der Waals surface area contributed by atoms with E-state index in [-0.39, 0.29) is 11.8 Å². The fraction of sp³-hybridized carbons (Fsp3) is 0.462. The third-order valence-electron chi connectivity index (χ3n) is 7.24. The number of hydrogen-bond acceptors (Lipinski definition) is 8. The van der Waals surface area contributed by atoms with E-state index in [1.165, 1.54) is 10.4 Å². The number of fused-ring (bicyclic) bond motifs is 4. The van der Waals surface area contributed by atoms with Crippen molar-refractivity contribution < 1.29 is 14.3 Å². The summed E-state index contributed by atoms with van der Waals surface area (Å²) < 4.78 is 11.8. The highest BCUT2D eigenvalue weighted by Crippen LogP contribution is 2.42. The number of aromatic nitrogens is 4. The lowest BCUT2D eigenvalue weighted by atomic mass is 9.87. The van der Waals surface area contributed by atoms with Crippen molar-refractivity contribution in [3.63, 3.8) is 0 Å². The third-order valence-corrected chi connectivity index (χ3v) is 8.41. The number of carbonyl (C=O) groups is 1. The quantitative estimate of drug-likeness (QED) is 0.401. The molecule has 4 heterocycles. The first kappa shape index (κ1) is 23.2. The van der Waals surface area contributed by atoms with Gasteiger partial charge in [-0.2, -0.15) is 5.10 Å². The fourth-order valence-electron chi connectivity index (χ4n) is 5.22. The predicted molar refractivity (Wildman–Crippen MR) is 140 cm³/mol. The normalized spacial score (nSPS) is 18.3. The number of benzene rings is 1. The maximum atomic E-state index is 12.6. The van der Waals surface area contributed by atoms with Crippen LogP contribution in [0.15, 0.2) is 24.7 Å². The lowest BCUT2D eigenvalue weighted by molar-refractivity contribution is -0.133. The van der Waals surface area contributed by atoms with Gasteiger partial charge in [-0.15, -0.1) is 11.3 Å². The Bertz CT molecular complexity index is 1410. The van der Waals surface area contributed by atoms with E-state index in [4.69, 9.17) is 9.47 Å². The SMILES string of the molecule is CN(C)C(=O)[C@H]1CCc2c(sc3ncnc(Nc4cc5cn[nH]c5cc4OCC4CCOCC4)c23)C1. The highest BCUT2D eigenvalue weighted by molar-refractivity contribution is 7.19. The van der Waals surface area contributed by atoms with Crippen molar-refractivity contribution in [1.82, 2.24) is 25.1 Å². The highest BCUT2D eigenvalue weighted by atomic mass is 32.1. The van der Waals surface area contributed by atoms with Crippen molar-refractivity contribution >= 4 is 49.9 Å². The largest absolute Gasteiger partial charge is 0.491 e. The van der Waals surface area contributed by atoms with Gasteiger partial charge in [-0.3, -0.25) is 9.89 Å². The van der Waals surface area contributed by atoms with Gasteiger partial charge in [0, 0.05) is 49.6 Å². The number of nitrogens with one attached hydrogen (secondary N) is 2. The summed E-state index contributed by atoms with van der Waals surface area (Å²) in [6.07, 6.45) is 7.88. The standard InChI is InChI=1S/C26H30N6O3S/c1-32(2)26(33)16-3-4-18-22(10-16)36-25-23(18)24(27-14-28-25)30-20-9-17-12-29-31-19(17)11-21(20)35-13-15-5-7-34-8-6-15/h9,11-12,14-16H,3-8,10,13H2,1-2H3,(H,29,31)(H,27,28,30)/t16-/m0/s1. The molecule has 1 aromatic carbocycles. The van der Waals surface area contributed by atoms with E-state index >= 15 is 0 Å². The molecule has 0 saturated carbocycles. The van der Waals surface area contributed by atoms with Gasteiger partial charge in [0.25, 0.3) is 0 Å². The zero-order valence-corrected chi connectivity index (χ0v) is 21.4. The average Bonchev–Trinajstić information content (AvgIpc) is 3.51. The highest BCUT2D eigenvalue weighted by Gasteiger charge is 2.30. The number of aryl methyl sites for hydroxylation is 1. The Morgan fingerprint density at radius 1 is 1.25 bits per heavy atom. The molecule has 0 bridgehead atoms. The van der Waals surface area contributed by atoms with E-state index in [2.05, 4.69) is 31.5 Å². The van der Waals surface area contributed by atoms with Crippen LogP contribution in [0.3, 0.4) is 0 Å². The van der Waals surface area contributed by atoms with Crippen LogP contribution in [-0.4, -0.2) is 64.9 Å². The Morgan fingerprint density at radius 3 is 2.94 bits per heavy atom. The summed E-state index contributed by atoms with van der Waals surface area (Å²) >= 11 is 1.67. The molecule has 1 fully saturated rings. The predicted octanol–water partition coefficient (Wildman–Crippen LogP) is 4.31. The lowest BCUT2D eigenvalue weighted by Gasteiger charge is -2.24. The molecule has 10 heteroatoms. The van der Waals surface area contributed by atoms with E-state index < -0.39 is 0 Å². The van der Waals surface area contributed by atoms with Gasteiger partial charge < -0.3 is 19.7 Å². The van der Waals surface area contributed by atoms with Crippen molar-refractivity contribution in [3.8, 4) is 5.75 Å². The van der Waals surface area contributed by atoms with Gasteiger partial charge in [0.1, 0.15) is 22.7 Å². The van der Waals surface area contributed by atoms with Gasteiger partial charge in [-0.1, -0.05) is 0 Å². The summed E-state index contributed by atoms with van der Waals surface area (Å²) in [6, 6.07) is 4.06. The number of thiophene rings is 1. The first-order valence-electron chi connectivity index (χ1n) is 12.5. The summed E-state index contributed by atoms with van der Waals surface area (Å²) in [5, 5.41) is 12.9. The zero-order chi connectivity index (χ0) is 24.6. The second-order valence-corrected chi connectivity index (χ2v) is 11.0. The molecule has 9 nitrogen and oxygen atoms in total. The molecule has 2 aliphatic rings. The molecule has 188 valence electrons. The van der Waals surface area contributed by atoms with Gasteiger partial charge in [-0.25, -0.2) is 9.97 Å². The molecule has 6 rings (SSSR count). The van der Waals surface area contributed by atoms with Crippen LogP contribution in [-0.2, 0) is 22.4 Å². The second-order valence-electron chi connectivity index (χ2n) is 9.88. The summed E-state index contributed by atoms with van der Waals surface area (Å²) in [6.45, 7) is 2.23. The summed E-state index contributed by atoms with van der Waals surface area (Å²) in [5.41, 5.74) is 3.04. The van der Waals surface area contributed by atoms with Crippen LogP contribution >= 0.6 is 11.3 Å². The molecule has 36 heavy (non-hydrogen) atoms. The number of H-pyrrole nitrogens is 1. The molecule has 0 radical (unpaired) electrons.